The summed E-state index contributed by atoms with van der Waals surface area (Å²) in [4.78, 5) is 17.0. The normalized spacial score (nSPS) is 30.5. The van der Waals surface area contributed by atoms with Crippen LogP contribution in [0, 0.1) is 17.8 Å². The van der Waals surface area contributed by atoms with Gasteiger partial charge < -0.3 is 14.2 Å². The first-order valence-electron chi connectivity index (χ1n) is 7.83. The maximum Gasteiger partial charge on any atom is 0.289 e. The minimum absolute atomic E-state index is 0.0698. The molecule has 1 amide bonds. The zero-order chi connectivity index (χ0) is 13.5. The van der Waals surface area contributed by atoms with Gasteiger partial charge in [0, 0.05) is 32.7 Å². The third kappa shape index (κ3) is 2.49. The number of likely N-dealkylation sites (tertiary alicyclic amines) is 2. The molecule has 0 radical (unpaired) electrons. The van der Waals surface area contributed by atoms with E-state index in [0.717, 1.165) is 19.0 Å². The van der Waals surface area contributed by atoms with E-state index in [1.54, 1.807) is 18.4 Å². The first kappa shape index (κ1) is 12.5. The molecule has 2 bridgehead atoms. The average Bonchev–Trinajstić information content (AvgIpc) is 3.06. The van der Waals surface area contributed by atoms with Crippen LogP contribution < -0.4 is 0 Å². The Morgan fingerprint density at radius 1 is 1.20 bits per heavy atom. The predicted molar refractivity (Wildman–Crippen MR) is 75.4 cm³/mol. The number of piperidine rings is 2. The second-order valence-electron chi connectivity index (χ2n) is 6.82. The van der Waals surface area contributed by atoms with Crippen LogP contribution in [0.5, 0.6) is 0 Å². The summed E-state index contributed by atoms with van der Waals surface area (Å²) in [6.07, 6.45) is 5.72. The van der Waals surface area contributed by atoms with Crippen LogP contribution in [0.15, 0.2) is 22.8 Å². The van der Waals surface area contributed by atoms with Gasteiger partial charge in [-0.2, -0.15) is 0 Å². The summed E-state index contributed by atoms with van der Waals surface area (Å²) in [6, 6.07) is 3.56. The summed E-state index contributed by atoms with van der Waals surface area (Å²) in [5.74, 6) is 2.83. The van der Waals surface area contributed by atoms with E-state index in [1.165, 1.54) is 38.9 Å². The van der Waals surface area contributed by atoms with Gasteiger partial charge in [0.2, 0.25) is 0 Å². The topological polar surface area (TPSA) is 36.7 Å². The summed E-state index contributed by atoms with van der Waals surface area (Å²) in [6.45, 7) is 5.44. The van der Waals surface area contributed by atoms with Crippen LogP contribution in [0.3, 0.4) is 0 Å². The van der Waals surface area contributed by atoms with E-state index in [9.17, 15) is 4.79 Å². The highest BCUT2D eigenvalue weighted by atomic mass is 16.3. The van der Waals surface area contributed by atoms with Crippen LogP contribution in [-0.4, -0.2) is 48.4 Å². The predicted octanol–water partition coefficient (Wildman–Crippen LogP) is 2.08. The molecule has 3 fully saturated rings. The quantitative estimate of drug-likeness (QED) is 0.847. The van der Waals surface area contributed by atoms with Gasteiger partial charge in [0.25, 0.3) is 5.91 Å². The molecule has 1 aliphatic carbocycles. The van der Waals surface area contributed by atoms with Crippen LogP contribution in [0.2, 0.25) is 0 Å². The molecule has 4 heteroatoms. The van der Waals surface area contributed by atoms with Gasteiger partial charge in [0.1, 0.15) is 0 Å². The fourth-order valence-corrected chi connectivity index (χ4v) is 3.92. The lowest BCUT2D eigenvalue weighted by atomic mass is 9.84. The van der Waals surface area contributed by atoms with Crippen molar-refractivity contribution in [1.29, 1.82) is 0 Å². The van der Waals surface area contributed by atoms with Gasteiger partial charge in [0.05, 0.1) is 6.26 Å². The average molecular weight is 274 g/mol. The van der Waals surface area contributed by atoms with Crippen molar-refractivity contribution in [3.8, 4) is 0 Å². The molecule has 0 unspecified atom stereocenters. The number of fused-ring (bicyclic) bond motifs is 2. The summed E-state index contributed by atoms with van der Waals surface area (Å²) in [7, 11) is 0. The fraction of sp³-hybridized carbons (Fsp3) is 0.688. The summed E-state index contributed by atoms with van der Waals surface area (Å²) >= 11 is 0. The van der Waals surface area contributed by atoms with E-state index in [4.69, 9.17) is 4.42 Å². The Bertz CT molecular complexity index is 467. The van der Waals surface area contributed by atoms with Crippen molar-refractivity contribution in [1.82, 2.24) is 9.80 Å². The number of furan rings is 1. The molecule has 3 aliphatic rings. The molecule has 2 aliphatic heterocycles. The van der Waals surface area contributed by atoms with Crippen molar-refractivity contribution in [3.63, 3.8) is 0 Å². The van der Waals surface area contributed by atoms with Crippen molar-refractivity contribution in [2.45, 2.75) is 19.3 Å². The lowest BCUT2D eigenvalue weighted by molar-refractivity contribution is 0.0231. The van der Waals surface area contributed by atoms with Crippen molar-refractivity contribution in [2.24, 2.45) is 17.8 Å². The molecule has 0 N–H and O–H groups in total. The Kier molecular flexibility index (Phi) is 3.06. The molecule has 108 valence electrons. The minimum Gasteiger partial charge on any atom is -0.459 e. The first-order chi connectivity index (χ1) is 9.78. The highest BCUT2D eigenvalue weighted by Gasteiger charge is 2.38. The lowest BCUT2D eigenvalue weighted by Crippen LogP contribution is -2.54. The highest BCUT2D eigenvalue weighted by Crippen LogP contribution is 2.34. The molecule has 1 saturated carbocycles. The molecule has 1 aromatic rings. The molecule has 3 heterocycles. The van der Waals surface area contributed by atoms with Crippen molar-refractivity contribution in [2.75, 3.05) is 32.7 Å². The zero-order valence-corrected chi connectivity index (χ0v) is 11.8. The number of rotatable bonds is 3. The van der Waals surface area contributed by atoms with Crippen LogP contribution in [0.4, 0.5) is 0 Å². The molecular formula is C16H22N2O2. The van der Waals surface area contributed by atoms with Gasteiger partial charge in [-0.05, 0) is 49.1 Å². The Hall–Kier alpha value is -1.29. The Balaban J connectivity index is 1.40. The van der Waals surface area contributed by atoms with E-state index >= 15 is 0 Å². The smallest absolute Gasteiger partial charge is 0.289 e. The number of nitrogens with zero attached hydrogens (tertiary/aromatic N) is 2. The molecular weight excluding hydrogens is 252 g/mol. The summed E-state index contributed by atoms with van der Waals surface area (Å²) < 4.78 is 5.25. The molecule has 0 aromatic carbocycles. The van der Waals surface area contributed by atoms with E-state index < -0.39 is 0 Å². The van der Waals surface area contributed by atoms with Gasteiger partial charge in [-0.3, -0.25) is 4.79 Å². The van der Waals surface area contributed by atoms with Gasteiger partial charge in [-0.25, -0.2) is 0 Å². The van der Waals surface area contributed by atoms with E-state index in [-0.39, 0.29) is 5.91 Å². The highest BCUT2D eigenvalue weighted by molar-refractivity contribution is 5.91. The lowest BCUT2D eigenvalue weighted by Gasteiger charge is -2.45. The SMILES string of the molecule is O=C(c1ccco1)N1C[C@H]2C[C@@H](CN(CC3CC3)C2)C1. The number of amides is 1. The molecule has 4 rings (SSSR count). The Morgan fingerprint density at radius 2 is 1.95 bits per heavy atom. The van der Waals surface area contributed by atoms with Crippen LogP contribution in [-0.2, 0) is 0 Å². The van der Waals surface area contributed by atoms with Gasteiger partial charge in [0.15, 0.2) is 5.76 Å². The van der Waals surface area contributed by atoms with Crippen LogP contribution in [0.25, 0.3) is 0 Å². The molecule has 1 aromatic heterocycles. The Morgan fingerprint density at radius 3 is 2.55 bits per heavy atom. The maximum absolute atomic E-state index is 12.4. The largest absolute Gasteiger partial charge is 0.459 e. The number of hydrogen-bond donors (Lipinski definition) is 0. The molecule has 2 saturated heterocycles. The second-order valence-corrected chi connectivity index (χ2v) is 6.82. The van der Waals surface area contributed by atoms with Crippen LogP contribution >= 0.6 is 0 Å². The van der Waals surface area contributed by atoms with Crippen LogP contribution in [0.1, 0.15) is 29.8 Å². The van der Waals surface area contributed by atoms with E-state index in [0.29, 0.717) is 17.6 Å². The standard InChI is InChI=1S/C16H22N2O2/c19-16(15-2-1-5-20-15)18-10-13-6-14(11-18)9-17(8-13)7-12-3-4-12/h1-2,5,12-14H,3-4,6-11H2/t13-,14-/m0/s1. The number of carbonyl (C=O) groups excluding carboxylic acids is 1. The molecule has 0 spiro atoms. The van der Waals surface area contributed by atoms with E-state index in [1.807, 2.05) is 4.90 Å². The Labute approximate surface area is 119 Å². The monoisotopic (exact) mass is 274 g/mol. The number of hydrogen-bond acceptors (Lipinski definition) is 3. The van der Waals surface area contributed by atoms with Gasteiger partial charge in [-0.15, -0.1) is 0 Å². The third-order valence-corrected chi connectivity index (χ3v) is 4.89. The summed E-state index contributed by atoms with van der Waals surface area (Å²) in [5, 5.41) is 0. The maximum atomic E-state index is 12.4. The first-order valence-corrected chi connectivity index (χ1v) is 7.83. The van der Waals surface area contributed by atoms with Gasteiger partial charge >= 0.3 is 0 Å². The molecule has 2 atom stereocenters. The fourth-order valence-electron chi connectivity index (χ4n) is 3.92. The van der Waals surface area contributed by atoms with E-state index in [2.05, 4.69) is 4.90 Å². The van der Waals surface area contributed by atoms with Crippen molar-refractivity contribution in [3.05, 3.63) is 24.2 Å². The molecule has 4 nitrogen and oxygen atoms in total. The number of carbonyl (C=O) groups is 1. The molecule has 20 heavy (non-hydrogen) atoms. The second kappa shape index (κ2) is 4.92. The third-order valence-electron chi connectivity index (χ3n) is 4.89. The van der Waals surface area contributed by atoms with Gasteiger partial charge in [-0.1, -0.05) is 0 Å². The minimum atomic E-state index is 0.0698. The van der Waals surface area contributed by atoms with Crippen molar-refractivity contribution >= 4 is 5.91 Å². The summed E-state index contributed by atoms with van der Waals surface area (Å²) in [5.41, 5.74) is 0. The van der Waals surface area contributed by atoms with Crippen molar-refractivity contribution < 1.29 is 9.21 Å². The zero-order valence-electron chi connectivity index (χ0n) is 11.8.